The first kappa shape index (κ1) is 17.2. The van der Waals surface area contributed by atoms with Gasteiger partial charge in [0, 0.05) is 24.2 Å². The summed E-state index contributed by atoms with van der Waals surface area (Å²) in [4.78, 5) is 18.7. The van der Waals surface area contributed by atoms with Gasteiger partial charge in [-0.1, -0.05) is 6.42 Å². The number of carbonyl (C=O) groups excluding carboxylic acids is 1. The van der Waals surface area contributed by atoms with Gasteiger partial charge in [0.1, 0.15) is 10.6 Å². The molecular weight excluding hydrogens is 298 g/mol. The van der Waals surface area contributed by atoms with Crippen molar-refractivity contribution in [3.05, 3.63) is 16.6 Å². The largest absolute Gasteiger partial charge is 0.444 e. The number of rotatable bonds is 4. The molecule has 5 nitrogen and oxygen atoms in total. The Kier molecular flexibility index (Phi) is 5.81. The van der Waals surface area contributed by atoms with Gasteiger partial charge in [0.05, 0.1) is 6.04 Å². The molecule has 0 spiro atoms. The fourth-order valence-corrected chi connectivity index (χ4v) is 3.57. The second-order valence-corrected chi connectivity index (χ2v) is 7.74. The van der Waals surface area contributed by atoms with Gasteiger partial charge in [0.15, 0.2) is 0 Å². The van der Waals surface area contributed by atoms with Gasteiger partial charge >= 0.3 is 6.09 Å². The van der Waals surface area contributed by atoms with Crippen molar-refractivity contribution in [3.63, 3.8) is 0 Å². The molecule has 1 aromatic rings. The summed E-state index contributed by atoms with van der Waals surface area (Å²) in [5.41, 5.74) is -0.454. The number of piperidine rings is 1. The summed E-state index contributed by atoms with van der Waals surface area (Å²) in [5.74, 6) is 0. The Hall–Kier alpha value is -1.14. The summed E-state index contributed by atoms with van der Waals surface area (Å²) in [7, 11) is 0. The van der Waals surface area contributed by atoms with E-state index in [1.54, 1.807) is 11.3 Å². The molecule has 0 radical (unpaired) electrons. The lowest BCUT2D eigenvalue weighted by molar-refractivity contribution is 0.0472. The number of likely N-dealkylation sites (tertiary alicyclic amines) is 1. The second-order valence-electron chi connectivity index (χ2n) is 6.82. The number of carbonyl (C=O) groups is 1. The van der Waals surface area contributed by atoms with E-state index in [4.69, 9.17) is 4.74 Å². The first-order chi connectivity index (χ1) is 10.4. The van der Waals surface area contributed by atoms with E-state index in [1.165, 1.54) is 12.8 Å². The van der Waals surface area contributed by atoms with E-state index < -0.39 is 5.60 Å². The zero-order valence-corrected chi connectivity index (χ0v) is 14.8. The SMILES string of the molecule is C[C@H](c1nccs1)N1CCCC[C@@H]1CNC(=O)OC(C)(C)C. The molecule has 2 atom stereocenters. The summed E-state index contributed by atoms with van der Waals surface area (Å²) in [6.45, 7) is 9.52. The minimum absolute atomic E-state index is 0.297. The molecule has 2 rings (SSSR count). The lowest BCUT2D eigenvalue weighted by atomic mass is 10.00. The van der Waals surface area contributed by atoms with Crippen molar-refractivity contribution in [1.29, 1.82) is 0 Å². The number of aromatic nitrogens is 1. The van der Waals surface area contributed by atoms with Gasteiger partial charge in [-0.15, -0.1) is 11.3 Å². The summed E-state index contributed by atoms with van der Waals surface area (Å²) in [5, 5.41) is 6.08. The monoisotopic (exact) mass is 325 g/mol. The fraction of sp³-hybridized carbons (Fsp3) is 0.750. The number of hydrogen-bond acceptors (Lipinski definition) is 5. The third kappa shape index (κ3) is 4.95. The molecule has 1 amide bonds. The second kappa shape index (κ2) is 7.42. The van der Waals surface area contributed by atoms with Crippen LogP contribution in [0.2, 0.25) is 0 Å². The van der Waals surface area contributed by atoms with Crippen molar-refractivity contribution in [3.8, 4) is 0 Å². The molecule has 0 saturated carbocycles. The maximum atomic E-state index is 11.8. The Bertz CT molecular complexity index is 470. The standard InChI is InChI=1S/C16H27N3O2S/c1-12(14-17-8-10-22-14)19-9-6-5-7-13(19)11-18-15(20)21-16(2,3)4/h8,10,12-13H,5-7,9,11H2,1-4H3,(H,18,20)/t12-,13-/m1/s1. The van der Waals surface area contributed by atoms with Gasteiger partial charge in [-0.25, -0.2) is 9.78 Å². The van der Waals surface area contributed by atoms with E-state index in [0.29, 0.717) is 18.6 Å². The molecule has 0 aromatic carbocycles. The Balaban J connectivity index is 1.91. The van der Waals surface area contributed by atoms with Crippen LogP contribution in [0.25, 0.3) is 0 Å². The van der Waals surface area contributed by atoms with E-state index >= 15 is 0 Å². The first-order valence-corrected chi connectivity index (χ1v) is 8.87. The van der Waals surface area contributed by atoms with E-state index in [0.717, 1.165) is 18.0 Å². The zero-order valence-electron chi connectivity index (χ0n) is 14.0. The number of amides is 1. The minimum Gasteiger partial charge on any atom is -0.444 e. The predicted molar refractivity (Wildman–Crippen MR) is 89.1 cm³/mol. The minimum atomic E-state index is -0.454. The molecule has 0 unspecified atom stereocenters. The molecule has 1 aromatic heterocycles. The number of ether oxygens (including phenoxy) is 1. The molecule has 1 fully saturated rings. The highest BCUT2D eigenvalue weighted by Gasteiger charge is 2.29. The summed E-state index contributed by atoms with van der Waals surface area (Å²) in [6.07, 6.45) is 5.04. The number of alkyl carbamates (subject to hydrolysis) is 1. The van der Waals surface area contributed by atoms with Gasteiger partial charge in [0.25, 0.3) is 0 Å². The highest BCUT2D eigenvalue weighted by atomic mass is 32.1. The van der Waals surface area contributed by atoms with Crippen molar-refractivity contribution in [2.75, 3.05) is 13.1 Å². The van der Waals surface area contributed by atoms with Crippen LogP contribution in [0.1, 0.15) is 58.0 Å². The number of hydrogen-bond donors (Lipinski definition) is 1. The Labute approximate surface area is 137 Å². The molecule has 124 valence electrons. The molecule has 1 aliphatic rings. The average molecular weight is 325 g/mol. The molecule has 1 saturated heterocycles. The van der Waals surface area contributed by atoms with Crippen molar-refractivity contribution in [1.82, 2.24) is 15.2 Å². The Morgan fingerprint density at radius 3 is 2.95 bits per heavy atom. The van der Waals surface area contributed by atoms with Crippen LogP contribution in [0.4, 0.5) is 4.79 Å². The highest BCUT2D eigenvalue weighted by molar-refractivity contribution is 7.09. The van der Waals surface area contributed by atoms with Crippen molar-refractivity contribution >= 4 is 17.4 Å². The van der Waals surface area contributed by atoms with Crippen LogP contribution in [0, 0.1) is 0 Å². The maximum Gasteiger partial charge on any atom is 0.407 e. The molecule has 2 heterocycles. The van der Waals surface area contributed by atoms with E-state index in [-0.39, 0.29) is 6.09 Å². The van der Waals surface area contributed by atoms with Crippen LogP contribution in [0.15, 0.2) is 11.6 Å². The lowest BCUT2D eigenvalue weighted by Crippen LogP contribution is -2.48. The third-order valence-corrected chi connectivity index (χ3v) is 4.81. The number of nitrogens with zero attached hydrogens (tertiary/aromatic N) is 2. The van der Waals surface area contributed by atoms with Crippen LogP contribution < -0.4 is 5.32 Å². The smallest absolute Gasteiger partial charge is 0.407 e. The van der Waals surface area contributed by atoms with Gasteiger partial charge in [-0.3, -0.25) is 4.90 Å². The zero-order chi connectivity index (χ0) is 16.2. The Morgan fingerprint density at radius 2 is 2.32 bits per heavy atom. The van der Waals surface area contributed by atoms with Crippen molar-refractivity contribution < 1.29 is 9.53 Å². The molecule has 1 N–H and O–H groups in total. The third-order valence-electron chi connectivity index (χ3n) is 3.86. The number of thiazole rings is 1. The van der Waals surface area contributed by atoms with E-state index in [9.17, 15) is 4.79 Å². The number of nitrogens with one attached hydrogen (secondary N) is 1. The van der Waals surface area contributed by atoms with Crippen LogP contribution in [0.5, 0.6) is 0 Å². The molecular formula is C16H27N3O2S. The van der Waals surface area contributed by atoms with Crippen LogP contribution >= 0.6 is 11.3 Å². The molecule has 0 aliphatic carbocycles. The van der Waals surface area contributed by atoms with Gasteiger partial charge in [0.2, 0.25) is 0 Å². The summed E-state index contributed by atoms with van der Waals surface area (Å²) >= 11 is 1.69. The normalized spacial score (nSPS) is 21.4. The van der Waals surface area contributed by atoms with Gasteiger partial charge in [-0.2, -0.15) is 0 Å². The average Bonchev–Trinajstić information content (AvgIpc) is 2.97. The van der Waals surface area contributed by atoms with Crippen LogP contribution in [-0.2, 0) is 4.74 Å². The van der Waals surface area contributed by atoms with Crippen molar-refractivity contribution in [2.24, 2.45) is 0 Å². The summed E-state index contributed by atoms with van der Waals surface area (Å²) < 4.78 is 5.32. The van der Waals surface area contributed by atoms with Crippen LogP contribution in [0.3, 0.4) is 0 Å². The van der Waals surface area contributed by atoms with Gasteiger partial charge in [-0.05, 0) is 47.1 Å². The summed E-state index contributed by atoms with van der Waals surface area (Å²) in [6, 6.07) is 0.644. The molecule has 6 heteroatoms. The van der Waals surface area contributed by atoms with Crippen molar-refractivity contribution in [2.45, 2.75) is 64.6 Å². The first-order valence-electron chi connectivity index (χ1n) is 7.99. The quantitative estimate of drug-likeness (QED) is 0.919. The lowest BCUT2D eigenvalue weighted by Gasteiger charge is -2.39. The maximum absolute atomic E-state index is 11.8. The Morgan fingerprint density at radius 1 is 1.55 bits per heavy atom. The molecule has 0 bridgehead atoms. The molecule has 22 heavy (non-hydrogen) atoms. The highest BCUT2D eigenvalue weighted by Crippen LogP contribution is 2.29. The van der Waals surface area contributed by atoms with E-state index in [1.807, 2.05) is 32.3 Å². The fourth-order valence-electron chi connectivity index (χ4n) is 2.85. The topological polar surface area (TPSA) is 54.5 Å². The molecule has 1 aliphatic heterocycles. The predicted octanol–water partition coefficient (Wildman–Crippen LogP) is 3.58. The van der Waals surface area contributed by atoms with Crippen LogP contribution in [-0.4, -0.2) is 40.7 Å². The van der Waals surface area contributed by atoms with E-state index in [2.05, 4.69) is 22.1 Å². The van der Waals surface area contributed by atoms with Gasteiger partial charge < -0.3 is 10.1 Å².